The van der Waals surface area contributed by atoms with E-state index in [9.17, 15) is 8.42 Å². The van der Waals surface area contributed by atoms with Crippen LogP contribution in [0.4, 0.5) is 5.69 Å². The largest absolute Gasteiger partial charge is 0.278 e. The molecule has 9 heteroatoms. The molecule has 108 valence electrons. The SMILES string of the molecule is O=S(=O)(Nc1ccc(Cl)cc1Cl)c1cccc2nonc12. The Morgan fingerprint density at radius 2 is 1.90 bits per heavy atom. The summed E-state index contributed by atoms with van der Waals surface area (Å²) in [5, 5.41) is 7.81. The number of rotatable bonds is 3. The predicted octanol–water partition coefficient (Wildman–Crippen LogP) is 3.33. The van der Waals surface area contributed by atoms with Gasteiger partial charge < -0.3 is 0 Å². The molecule has 6 nitrogen and oxygen atoms in total. The zero-order chi connectivity index (χ0) is 15.0. The summed E-state index contributed by atoms with van der Waals surface area (Å²) in [6.07, 6.45) is 0. The molecule has 1 heterocycles. The van der Waals surface area contributed by atoms with Crippen molar-refractivity contribution in [3.8, 4) is 0 Å². The van der Waals surface area contributed by atoms with E-state index < -0.39 is 10.0 Å². The molecule has 1 N–H and O–H groups in total. The molecule has 21 heavy (non-hydrogen) atoms. The fraction of sp³-hybridized carbons (Fsp3) is 0. The maximum absolute atomic E-state index is 12.4. The normalized spacial score (nSPS) is 11.7. The molecular formula is C12H7Cl2N3O3S. The first kappa shape index (κ1) is 14.1. The molecule has 0 atom stereocenters. The van der Waals surface area contributed by atoms with Crippen LogP contribution in [-0.4, -0.2) is 18.7 Å². The van der Waals surface area contributed by atoms with E-state index >= 15 is 0 Å². The van der Waals surface area contributed by atoms with E-state index in [1.165, 1.54) is 24.3 Å². The van der Waals surface area contributed by atoms with Gasteiger partial charge in [-0.2, -0.15) is 0 Å². The molecule has 0 aliphatic heterocycles. The van der Waals surface area contributed by atoms with Crippen LogP contribution in [0.2, 0.25) is 10.0 Å². The minimum absolute atomic E-state index is 0.0488. The van der Waals surface area contributed by atoms with Crippen LogP contribution in [-0.2, 0) is 10.0 Å². The third-order valence-electron chi connectivity index (χ3n) is 2.71. The number of sulfonamides is 1. The Morgan fingerprint density at radius 3 is 2.67 bits per heavy atom. The monoisotopic (exact) mass is 343 g/mol. The summed E-state index contributed by atoms with van der Waals surface area (Å²) in [4.78, 5) is -0.0488. The summed E-state index contributed by atoms with van der Waals surface area (Å²) in [5.74, 6) is 0. The van der Waals surface area contributed by atoms with E-state index in [4.69, 9.17) is 23.2 Å². The molecular weight excluding hydrogens is 337 g/mol. The van der Waals surface area contributed by atoms with Gasteiger partial charge in [-0.05, 0) is 40.6 Å². The molecule has 1 aromatic heterocycles. The van der Waals surface area contributed by atoms with Crippen molar-refractivity contribution < 1.29 is 13.0 Å². The fourth-order valence-electron chi connectivity index (χ4n) is 1.77. The van der Waals surface area contributed by atoms with E-state index in [0.29, 0.717) is 10.5 Å². The number of fused-ring (bicyclic) bond motifs is 1. The number of aromatic nitrogens is 2. The summed E-state index contributed by atoms with van der Waals surface area (Å²) in [7, 11) is -3.89. The summed E-state index contributed by atoms with van der Waals surface area (Å²) >= 11 is 11.7. The molecule has 0 fully saturated rings. The minimum Gasteiger partial charge on any atom is -0.278 e. The van der Waals surface area contributed by atoms with Gasteiger partial charge in [-0.1, -0.05) is 29.3 Å². The Kier molecular flexibility index (Phi) is 3.48. The van der Waals surface area contributed by atoms with Crippen LogP contribution < -0.4 is 4.72 Å². The lowest BCUT2D eigenvalue weighted by atomic mass is 10.3. The summed E-state index contributed by atoms with van der Waals surface area (Å²) < 4.78 is 31.8. The highest BCUT2D eigenvalue weighted by Crippen LogP contribution is 2.29. The highest BCUT2D eigenvalue weighted by Gasteiger charge is 2.21. The van der Waals surface area contributed by atoms with Crippen LogP contribution in [0.3, 0.4) is 0 Å². The van der Waals surface area contributed by atoms with Crippen LogP contribution >= 0.6 is 23.2 Å². The second-order valence-corrected chi connectivity index (χ2v) is 6.61. The average Bonchev–Trinajstić information content (AvgIpc) is 2.90. The molecule has 0 radical (unpaired) electrons. The molecule has 0 saturated carbocycles. The molecule has 0 aliphatic rings. The predicted molar refractivity (Wildman–Crippen MR) is 79.1 cm³/mol. The molecule has 3 aromatic rings. The number of halogens is 2. The van der Waals surface area contributed by atoms with E-state index in [-0.39, 0.29) is 21.1 Å². The Balaban J connectivity index is 2.06. The molecule has 0 bridgehead atoms. The highest BCUT2D eigenvalue weighted by atomic mass is 35.5. The van der Waals surface area contributed by atoms with Gasteiger partial charge in [-0.25, -0.2) is 13.0 Å². The number of nitrogens with zero attached hydrogens (tertiary/aromatic N) is 2. The van der Waals surface area contributed by atoms with E-state index in [1.54, 1.807) is 12.1 Å². The Morgan fingerprint density at radius 1 is 1.10 bits per heavy atom. The maximum atomic E-state index is 12.4. The van der Waals surface area contributed by atoms with Crippen LogP contribution in [0.1, 0.15) is 0 Å². The molecule has 0 amide bonds. The average molecular weight is 344 g/mol. The van der Waals surface area contributed by atoms with Crippen molar-refractivity contribution in [1.82, 2.24) is 10.3 Å². The Hall–Kier alpha value is -1.83. The van der Waals surface area contributed by atoms with Gasteiger partial charge in [0.2, 0.25) is 0 Å². The van der Waals surface area contributed by atoms with Gasteiger partial charge >= 0.3 is 0 Å². The number of benzene rings is 2. The second-order valence-electron chi connectivity index (χ2n) is 4.12. The van der Waals surface area contributed by atoms with Crippen molar-refractivity contribution in [2.45, 2.75) is 4.90 Å². The van der Waals surface area contributed by atoms with Crippen LogP contribution in [0.25, 0.3) is 11.0 Å². The van der Waals surface area contributed by atoms with Crippen molar-refractivity contribution in [1.29, 1.82) is 0 Å². The number of hydrogen-bond donors (Lipinski definition) is 1. The van der Waals surface area contributed by atoms with Gasteiger partial charge in [0.05, 0.1) is 10.7 Å². The smallest absolute Gasteiger partial charge is 0.264 e. The van der Waals surface area contributed by atoms with Gasteiger partial charge in [0.25, 0.3) is 10.0 Å². The van der Waals surface area contributed by atoms with Crippen molar-refractivity contribution in [3.05, 3.63) is 46.4 Å². The van der Waals surface area contributed by atoms with Gasteiger partial charge in [-0.3, -0.25) is 4.72 Å². The maximum Gasteiger partial charge on any atom is 0.264 e. The summed E-state index contributed by atoms with van der Waals surface area (Å²) in [6, 6.07) is 9.00. The number of anilines is 1. The van der Waals surface area contributed by atoms with Crippen LogP contribution in [0.5, 0.6) is 0 Å². The summed E-state index contributed by atoms with van der Waals surface area (Å²) in [6.45, 7) is 0. The third-order valence-corrected chi connectivity index (χ3v) is 4.66. The van der Waals surface area contributed by atoms with Gasteiger partial charge in [0, 0.05) is 5.02 Å². The van der Waals surface area contributed by atoms with Gasteiger partial charge in [0.15, 0.2) is 5.52 Å². The second kappa shape index (κ2) is 5.18. The Labute approximate surface area is 129 Å². The lowest BCUT2D eigenvalue weighted by Crippen LogP contribution is -2.13. The van der Waals surface area contributed by atoms with Gasteiger partial charge in [-0.15, -0.1) is 0 Å². The highest BCUT2D eigenvalue weighted by molar-refractivity contribution is 7.93. The van der Waals surface area contributed by atoms with E-state index in [0.717, 1.165) is 0 Å². The molecule has 2 aromatic carbocycles. The first-order chi connectivity index (χ1) is 9.97. The zero-order valence-corrected chi connectivity index (χ0v) is 12.6. The third kappa shape index (κ3) is 2.67. The zero-order valence-electron chi connectivity index (χ0n) is 10.2. The molecule has 0 unspecified atom stereocenters. The van der Waals surface area contributed by atoms with Crippen LogP contribution in [0, 0.1) is 0 Å². The van der Waals surface area contributed by atoms with Crippen LogP contribution in [0.15, 0.2) is 45.9 Å². The lowest BCUT2D eigenvalue weighted by Gasteiger charge is -2.09. The first-order valence-electron chi connectivity index (χ1n) is 5.66. The molecule has 3 rings (SSSR count). The lowest BCUT2D eigenvalue weighted by molar-refractivity contribution is 0.315. The van der Waals surface area contributed by atoms with Gasteiger partial charge in [0.1, 0.15) is 10.4 Å². The van der Waals surface area contributed by atoms with E-state index in [1.807, 2.05) is 0 Å². The molecule has 0 saturated heterocycles. The summed E-state index contributed by atoms with van der Waals surface area (Å²) in [5.41, 5.74) is 0.713. The van der Waals surface area contributed by atoms with Crippen molar-refractivity contribution >= 4 is 49.9 Å². The first-order valence-corrected chi connectivity index (χ1v) is 7.90. The standard InChI is InChI=1S/C12H7Cl2N3O3S/c13-7-4-5-9(8(14)6-7)17-21(18,19)11-3-1-2-10-12(11)16-20-15-10/h1-6,17H. The fourth-order valence-corrected chi connectivity index (χ4v) is 3.51. The minimum atomic E-state index is -3.89. The Bertz CT molecular complexity index is 924. The van der Waals surface area contributed by atoms with E-state index in [2.05, 4.69) is 19.7 Å². The number of hydrogen-bond acceptors (Lipinski definition) is 5. The topological polar surface area (TPSA) is 85.1 Å². The molecule has 0 aliphatic carbocycles. The van der Waals surface area contributed by atoms with Crippen molar-refractivity contribution in [3.63, 3.8) is 0 Å². The van der Waals surface area contributed by atoms with Crippen molar-refractivity contribution in [2.24, 2.45) is 0 Å². The number of nitrogens with one attached hydrogen (secondary N) is 1. The quantitative estimate of drug-likeness (QED) is 0.788. The van der Waals surface area contributed by atoms with Crippen molar-refractivity contribution in [2.75, 3.05) is 4.72 Å². The molecule has 0 spiro atoms.